The van der Waals surface area contributed by atoms with Gasteiger partial charge in [0.25, 0.3) is 0 Å². The third-order valence-corrected chi connectivity index (χ3v) is 4.75. The van der Waals surface area contributed by atoms with Gasteiger partial charge in [0.1, 0.15) is 0 Å². The zero-order valence-electron chi connectivity index (χ0n) is 16.1. The van der Waals surface area contributed by atoms with Crippen LogP contribution in [0.3, 0.4) is 0 Å². The smallest absolute Gasteiger partial charge is 0.248 e. The molecule has 0 bridgehead atoms. The van der Waals surface area contributed by atoms with Crippen LogP contribution in [0.25, 0.3) is 22.9 Å². The summed E-state index contributed by atoms with van der Waals surface area (Å²) in [7, 11) is 0. The number of nitrogens with one attached hydrogen (secondary N) is 1. The molecule has 0 saturated carbocycles. The van der Waals surface area contributed by atoms with Gasteiger partial charge >= 0.3 is 0 Å². The molecule has 0 spiro atoms. The molecule has 1 amide bonds. The highest BCUT2D eigenvalue weighted by atomic mass is 16.4. The molecule has 0 radical (unpaired) electrons. The second-order valence-electron chi connectivity index (χ2n) is 6.72. The van der Waals surface area contributed by atoms with E-state index in [2.05, 4.69) is 15.5 Å². The van der Waals surface area contributed by atoms with E-state index in [-0.39, 0.29) is 11.8 Å². The molecule has 0 aliphatic carbocycles. The van der Waals surface area contributed by atoms with Crippen LogP contribution in [0.1, 0.15) is 24.8 Å². The van der Waals surface area contributed by atoms with Crippen LogP contribution < -0.4 is 5.32 Å². The molecule has 0 fully saturated rings. The fourth-order valence-corrected chi connectivity index (χ4v) is 3.25. The number of nitrogens with zero attached hydrogens (tertiary/aromatic N) is 2. The van der Waals surface area contributed by atoms with Crippen molar-refractivity contribution in [3.63, 3.8) is 0 Å². The number of carbonyl (C=O) groups is 1. The molecule has 1 heterocycles. The molecule has 4 aromatic rings. The number of hydrogen-bond acceptors (Lipinski definition) is 4. The predicted octanol–water partition coefficient (Wildman–Crippen LogP) is 5.54. The van der Waals surface area contributed by atoms with Crippen molar-refractivity contribution in [2.45, 2.75) is 19.3 Å². The molecule has 5 nitrogen and oxygen atoms in total. The molecule has 1 aromatic heterocycles. The first-order valence-electron chi connectivity index (χ1n) is 9.60. The molecule has 144 valence electrons. The van der Waals surface area contributed by atoms with Gasteiger partial charge < -0.3 is 9.73 Å². The summed E-state index contributed by atoms with van der Waals surface area (Å²) in [5, 5.41) is 11.3. The summed E-state index contributed by atoms with van der Waals surface area (Å²) in [5.41, 5.74) is 3.32. The fourth-order valence-electron chi connectivity index (χ4n) is 3.25. The first-order valence-corrected chi connectivity index (χ1v) is 9.60. The van der Waals surface area contributed by atoms with Gasteiger partial charge in [-0.15, -0.1) is 10.2 Å². The first-order chi connectivity index (χ1) is 14.2. The summed E-state index contributed by atoms with van der Waals surface area (Å²) >= 11 is 0. The largest absolute Gasteiger partial charge is 0.416 e. The number of anilines is 1. The lowest BCUT2D eigenvalue weighted by Gasteiger charge is -2.15. The van der Waals surface area contributed by atoms with Crippen molar-refractivity contribution >= 4 is 11.6 Å². The van der Waals surface area contributed by atoms with E-state index < -0.39 is 0 Å². The fraction of sp³-hybridized carbons (Fsp3) is 0.125. The van der Waals surface area contributed by atoms with Gasteiger partial charge in [-0.25, -0.2) is 0 Å². The van der Waals surface area contributed by atoms with Crippen molar-refractivity contribution in [2.24, 2.45) is 0 Å². The minimum absolute atomic E-state index is 0.0358. The number of benzene rings is 3. The molecule has 5 heteroatoms. The zero-order chi connectivity index (χ0) is 20.1. The first kappa shape index (κ1) is 18.6. The van der Waals surface area contributed by atoms with Crippen molar-refractivity contribution in [1.82, 2.24) is 10.2 Å². The van der Waals surface area contributed by atoms with E-state index >= 15 is 0 Å². The average Bonchev–Trinajstić information content (AvgIpc) is 3.26. The predicted molar refractivity (Wildman–Crippen MR) is 113 cm³/mol. The summed E-state index contributed by atoms with van der Waals surface area (Å²) < 4.78 is 5.82. The van der Waals surface area contributed by atoms with Crippen LogP contribution in [0.15, 0.2) is 89.3 Å². The van der Waals surface area contributed by atoms with Crippen LogP contribution >= 0.6 is 0 Å². The SMILES string of the molecule is CC[C@H](C(=O)Nc1cccc(-c2nnc(-c3ccccc3)o2)c1)c1ccccc1. The highest BCUT2D eigenvalue weighted by Crippen LogP contribution is 2.27. The Bertz CT molecular complexity index is 1090. The van der Waals surface area contributed by atoms with Crippen molar-refractivity contribution in [1.29, 1.82) is 0 Å². The highest BCUT2D eigenvalue weighted by molar-refractivity contribution is 5.96. The quantitative estimate of drug-likeness (QED) is 0.475. The number of amides is 1. The maximum absolute atomic E-state index is 12.8. The molecule has 0 aliphatic heterocycles. The summed E-state index contributed by atoms with van der Waals surface area (Å²) in [4.78, 5) is 12.8. The van der Waals surface area contributed by atoms with E-state index in [1.54, 1.807) is 0 Å². The van der Waals surface area contributed by atoms with Gasteiger partial charge in [0.05, 0.1) is 5.92 Å². The third-order valence-electron chi connectivity index (χ3n) is 4.75. The Morgan fingerprint density at radius 1 is 0.862 bits per heavy atom. The lowest BCUT2D eigenvalue weighted by Crippen LogP contribution is -2.20. The molecule has 0 unspecified atom stereocenters. The number of rotatable bonds is 6. The molecule has 3 aromatic carbocycles. The maximum Gasteiger partial charge on any atom is 0.248 e. The van der Waals surface area contributed by atoms with E-state index in [1.807, 2.05) is 91.9 Å². The Balaban J connectivity index is 1.53. The van der Waals surface area contributed by atoms with E-state index in [0.29, 0.717) is 17.5 Å². The Morgan fingerprint density at radius 2 is 1.48 bits per heavy atom. The van der Waals surface area contributed by atoms with Crippen LogP contribution in [0.2, 0.25) is 0 Å². The highest BCUT2D eigenvalue weighted by Gasteiger charge is 2.19. The topological polar surface area (TPSA) is 68.0 Å². The molecule has 0 saturated heterocycles. The summed E-state index contributed by atoms with van der Waals surface area (Å²) in [6.45, 7) is 2.01. The van der Waals surface area contributed by atoms with Gasteiger partial charge in [-0.2, -0.15) is 0 Å². The van der Waals surface area contributed by atoms with E-state index in [4.69, 9.17) is 4.42 Å². The Labute approximate surface area is 169 Å². The lowest BCUT2D eigenvalue weighted by molar-refractivity contribution is -0.117. The number of aromatic nitrogens is 2. The Morgan fingerprint density at radius 3 is 2.17 bits per heavy atom. The van der Waals surface area contributed by atoms with Gasteiger partial charge in [0.15, 0.2) is 0 Å². The monoisotopic (exact) mass is 383 g/mol. The van der Waals surface area contributed by atoms with Crippen molar-refractivity contribution in [3.05, 3.63) is 90.5 Å². The maximum atomic E-state index is 12.8. The van der Waals surface area contributed by atoms with Crippen molar-refractivity contribution in [3.8, 4) is 22.9 Å². The summed E-state index contributed by atoms with van der Waals surface area (Å²) in [6, 6.07) is 26.9. The molecular formula is C24H21N3O2. The lowest BCUT2D eigenvalue weighted by atomic mass is 9.95. The second kappa shape index (κ2) is 8.52. The Kier molecular flexibility index (Phi) is 5.47. The molecule has 4 rings (SSSR count). The van der Waals surface area contributed by atoms with Crippen LogP contribution in [-0.2, 0) is 4.79 Å². The van der Waals surface area contributed by atoms with Crippen molar-refractivity contribution < 1.29 is 9.21 Å². The van der Waals surface area contributed by atoms with E-state index in [9.17, 15) is 4.79 Å². The van der Waals surface area contributed by atoms with Gasteiger partial charge in [-0.3, -0.25) is 4.79 Å². The number of carbonyl (C=O) groups excluding carboxylic acids is 1. The van der Waals surface area contributed by atoms with Crippen LogP contribution in [0, 0.1) is 0 Å². The summed E-state index contributed by atoms with van der Waals surface area (Å²) in [5.74, 6) is 0.638. The van der Waals surface area contributed by atoms with Gasteiger partial charge in [0, 0.05) is 16.8 Å². The van der Waals surface area contributed by atoms with E-state index in [0.717, 1.165) is 23.1 Å². The minimum atomic E-state index is -0.201. The molecular weight excluding hydrogens is 362 g/mol. The Hall–Kier alpha value is -3.73. The number of hydrogen-bond donors (Lipinski definition) is 1. The van der Waals surface area contributed by atoms with Crippen LogP contribution in [0.4, 0.5) is 5.69 Å². The van der Waals surface area contributed by atoms with Crippen molar-refractivity contribution in [2.75, 3.05) is 5.32 Å². The molecule has 29 heavy (non-hydrogen) atoms. The standard InChI is InChI=1S/C24H21N3O2/c1-2-21(17-10-5-3-6-11-17)22(28)25-20-15-9-14-19(16-20)24-27-26-23(29-24)18-12-7-4-8-13-18/h3-16,21H,2H2,1H3,(H,25,28)/t21-/m0/s1. The third kappa shape index (κ3) is 4.24. The average molecular weight is 383 g/mol. The molecule has 1 atom stereocenters. The van der Waals surface area contributed by atoms with Crippen LogP contribution in [-0.4, -0.2) is 16.1 Å². The van der Waals surface area contributed by atoms with E-state index in [1.165, 1.54) is 0 Å². The molecule has 0 aliphatic rings. The summed E-state index contributed by atoms with van der Waals surface area (Å²) in [6.07, 6.45) is 0.722. The van der Waals surface area contributed by atoms with Gasteiger partial charge in [-0.1, -0.05) is 61.5 Å². The normalized spacial score (nSPS) is 11.8. The minimum Gasteiger partial charge on any atom is -0.416 e. The van der Waals surface area contributed by atoms with Crippen LogP contribution in [0.5, 0.6) is 0 Å². The second-order valence-corrected chi connectivity index (χ2v) is 6.72. The van der Waals surface area contributed by atoms with Gasteiger partial charge in [0.2, 0.25) is 17.7 Å². The molecule has 1 N–H and O–H groups in total. The zero-order valence-corrected chi connectivity index (χ0v) is 16.1. The van der Waals surface area contributed by atoms with Gasteiger partial charge in [-0.05, 0) is 42.3 Å².